The molecule has 0 heterocycles. The number of nitrogens with zero attached hydrogens (tertiary/aromatic N) is 2. The van der Waals surface area contributed by atoms with Crippen LogP contribution in [0.25, 0.3) is 0 Å². The summed E-state index contributed by atoms with van der Waals surface area (Å²) in [4.78, 5) is 56.8. The molecule has 75 heavy (non-hydrogen) atoms. The Balaban J connectivity index is -0.000000262. The number of methoxy groups -OCH3 is 1. The molecule has 0 bridgehead atoms. The van der Waals surface area contributed by atoms with Crippen LogP contribution in [0.3, 0.4) is 0 Å². The van der Waals surface area contributed by atoms with Crippen LogP contribution in [0.2, 0.25) is 0 Å². The number of carboxylic acid groups (broad SMARTS) is 2. The molecule has 0 aromatic heterocycles. The molecule has 3 aromatic carbocycles. The van der Waals surface area contributed by atoms with E-state index in [0.717, 1.165) is 36.3 Å². The van der Waals surface area contributed by atoms with Crippen molar-refractivity contribution >= 4 is 52.3 Å². The number of halogens is 1. The van der Waals surface area contributed by atoms with Gasteiger partial charge in [0.05, 0.1) is 64.7 Å². The maximum atomic E-state index is 12.6. The number of likely N-dealkylation sites (N-methyl/N-ethyl adjacent to an activating group) is 3. The molecule has 0 aliphatic carbocycles. The fourth-order valence-electron chi connectivity index (χ4n) is 4.76. The summed E-state index contributed by atoms with van der Waals surface area (Å²) in [5.74, 6) is -12.5. The second-order valence-electron chi connectivity index (χ2n) is 15.2. The van der Waals surface area contributed by atoms with E-state index in [1.54, 1.807) is 68.4 Å². The van der Waals surface area contributed by atoms with E-state index in [-0.39, 0.29) is 41.1 Å². The molecule has 2 amide bonds. The van der Waals surface area contributed by atoms with E-state index in [1.807, 2.05) is 73.0 Å². The number of alkyl halides is 1. The number of rotatable bonds is 19. The Morgan fingerprint density at radius 2 is 1.04 bits per heavy atom. The van der Waals surface area contributed by atoms with Gasteiger partial charge in [0.25, 0.3) is 0 Å². The second-order valence-corrected chi connectivity index (χ2v) is 15.9. The molecule has 21 heteroatoms. The molecule has 0 saturated carbocycles. The van der Waals surface area contributed by atoms with Crippen molar-refractivity contribution in [3.63, 3.8) is 0 Å². The molecule has 0 saturated heterocycles. The van der Waals surface area contributed by atoms with Crippen molar-refractivity contribution in [1.82, 2.24) is 15.1 Å². The summed E-state index contributed by atoms with van der Waals surface area (Å²) in [5, 5.41) is 49.7. The Kier molecular flexibility index (Phi) is 30.1. The van der Waals surface area contributed by atoms with E-state index in [1.165, 1.54) is 21.0 Å². The minimum absolute atomic E-state index is 0. The van der Waals surface area contributed by atoms with Crippen LogP contribution in [0.5, 0.6) is 0 Å². The summed E-state index contributed by atoms with van der Waals surface area (Å²) < 4.78 is 167. The molecule has 426 valence electrons. The van der Waals surface area contributed by atoms with Gasteiger partial charge in [-0.3, -0.25) is 24.0 Å². The summed E-state index contributed by atoms with van der Waals surface area (Å²) in [7, 11) is 5.74. The SMILES string of the molecule is CN[C@H](C)[C@H](O)c1ccccc1.[2H]C([2H])(C)C(=O)O.[2H]C([2H])(N)C(=O)N(C)[C@H](C)[C@H](O)c1ccccc1.[2H]C([2H])(N)C(=O)OC.[2H]C([2H])([2H])C([2H])(C)CI.[2H]C([2H])([2H])C([2H])(C)C[C@]([2H])(N)C(=O)N(C)[C@H](C)[C@H](O)c1ccccc1.[2H]C([2H])([2H])C([2H])(C[C@]([2H])(N)C(=O)O)C([2H])([2H])[2H].[Na+].[OH-]. The van der Waals surface area contributed by atoms with E-state index in [2.05, 4.69) is 15.8 Å². The third kappa shape index (κ3) is 42.1. The van der Waals surface area contributed by atoms with Crippen LogP contribution < -0.4 is 57.8 Å². The van der Waals surface area contributed by atoms with Crippen LogP contribution in [0.1, 0.15) is 155 Å². The van der Waals surface area contributed by atoms with Gasteiger partial charge >= 0.3 is 47.5 Å². The maximum Gasteiger partial charge on any atom is 1.00 e. The molecule has 3 aromatic rings. The number of amides is 2. The Morgan fingerprint density at radius 1 is 0.680 bits per heavy atom. The number of aliphatic hydroxyl groups excluding tert-OH is 3. The number of carbonyl (C=O) groups is 5. The van der Waals surface area contributed by atoms with E-state index in [9.17, 15) is 39.3 Å². The first-order valence-electron chi connectivity index (χ1n) is 33.3. The largest absolute Gasteiger partial charge is 1.00 e. The van der Waals surface area contributed by atoms with Gasteiger partial charge in [-0.25, -0.2) is 0 Å². The molecule has 3 rings (SSSR count). The minimum Gasteiger partial charge on any atom is -0.870 e. The van der Waals surface area contributed by atoms with Crippen molar-refractivity contribution in [2.45, 2.75) is 137 Å². The monoisotopic (exact) mass is 1210 g/mol. The zero-order valence-electron chi connectivity index (χ0n) is 67.5. The fourth-order valence-corrected chi connectivity index (χ4v) is 4.76. The van der Waals surface area contributed by atoms with Crippen molar-refractivity contribution in [2.24, 2.45) is 40.6 Å². The normalized spacial score (nSPS) is 21.4. The van der Waals surface area contributed by atoms with Crippen LogP contribution in [-0.2, 0) is 28.7 Å². The van der Waals surface area contributed by atoms with Gasteiger partial charge in [0.1, 0.15) is 6.02 Å². The van der Waals surface area contributed by atoms with Gasteiger partial charge in [0, 0.05) is 54.2 Å². The van der Waals surface area contributed by atoms with E-state index < -0.39 is 149 Å². The van der Waals surface area contributed by atoms with Gasteiger partial charge in [0.15, 0.2) is 0 Å². The number of hydrogen-bond donors (Lipinski definition) is 10. The minimum atomic E-state index is -3.28. The molecule has 0 aliphatic heterocycles. The molecule has 0 spiro atoms. The zero-order chi connectivity index (χ0) is 77.4. The summed E-state index contributed by atoms with van der Waals surface area (Å²) in [5.41, 5.74) is 22.7. The van der Waals surface area contributed by atoms with Crippen molar-refractivity contribution in [2.75, 3.05) is 45.7 Å². The Hall–Kier alpha value is -3.62. The molecular weight excluding hydrogens is 1090 g/mol. The van der Waals surface area contributed by atoms with Crippen LogP contribution in [0.4, 0.5) is 0 Å². The van der Waals surface area contributed by atoms with Crippen LogP contribution in [0, 0.1) is 17.7 Å². The van der Waals surface area contributed by atoms with Crippen molar-refractivity contribution in [3.05, 3.63) is 108 Å². The van der Waals surface area contributed by atoms with E-state index in [4.69, 9.17) is 58.9 Å². The summed E-state index contributed by atoms with van der Waals surface area (Å²) in [6, 6.07) is 21.0. The summed E-state index contributed by atoms with van der Waals surface area (Å²) >= 11 is 1.91. The average molecular weight is 1210 g/mol. The molecule has 0 fully saturated rings. The molecule has 10 atom stereocenters. The Bertz CT molecular complexity index is 2790. The predicted octanol–water partition coefficient (Wildman–Crippen LogP) is 2.74. The number of aliphatic carboxylic acids is 2. The van der Waals surface area contributed by atoms with Gasteiger partial charge in [0.2, 0.25) is 11.8 Å². The van der Waals surface area contributed by atoms with Crippen LogP contribution >= 0.6 is 22.6 Å². The number of nitrogens with one attached hydrogen (secondary N) is 1. The smallest absolute Gasteiger partial charge is 0.870 e. The van der Waals surface area contributed by atoms with Crippen LogP contribution in [-0.4, -0.2) is 146 Å². The predicted molar refractivity (Wildman–Crippen MR) is 303 cm³/mol. The van der Waals surface area contributed by atoms with Crippen molar-refractivity contribution in [3.8, 4) is 0 Å². The van der Waals surface area contributed by atoms with Gasteiger partial charge in [-0.2, -0.15) is 0 Å². The topological polar surface area (TPSA) is 348 Å². The molecule has 0 aliphatic rings. The Morgan fingerprint density at radius 3 is 1.31 bits per heavy atom. The van der Waals surface area contributed by atoms with E-state index >= 15 is 0 Å². The molecular formula is C54H95IN7NaO12. The fraction of sp³-hybridized carbons (Fsp3) is 0.574. The first-order valence-corrected chi connectivity index (χ1v) is 23.3. The molecule has 0 radical (unpaired) electrons. The van der Waals surface area contributed by atoms with E-state index in [0.29, 0.717) is 15.6 Å². The first-order chi connectivity index (χ1) is 42.6. The molecule has 15 N–H and O–H groups in total. The van der Waals surface area contributed by atoms with Crippen molar-refractivity contribution in [1.29, 1.82) is 0 Å². The number of aliphatic hydroxyl groups is 3. The summed E-state index contributed by atoms with van der Waals surface area (Å²) in [6.07, 6.45) is -6.37. The zero-order valence-corrected chi connectivity index (χ0v) is 48.6. The van der Waals surface area contributed by atoms with Gasteiger partial charge in [-0.1, -0.05) is 162 Å². The van der Waals surface area contributed by atoms with Crippen molar-refractivity contribution < 1.29 is 121 Å². The first kappa shape index (κ1) is 45.3. The number of nitrogens with two attached hydrogens (primary N) is 4. The third-order valence-electron chi connectivity index (χ3n) is 9.34. The standard InChI is InChI=1S/C16H26N2O2.C12H18N2O2.C10H15NO.C6H13NO2.C4H9I.C3H7NO2.C3H6O2.Na.H2O/c1-11(2)10-14(17)16(20)18(4)12(3)15(19)13-8-6-5-7-9-13;1-9(14(2)11(15)8-13)12(16)10-6-4-3-5-7-10;1-8(11-2)10(12)9-6-4-3-5-7-9;1-4(2)3-5(7)6(8)9;1-4(2)3-5;1-6-3(5)2-4;1-2-3(4)5;;/h5-9,11-12,14-15,19H,10,17H2,1-4H3;3-7,9,12,16H,8,13H2,1-2H3;3-8,10-12H,1-2H3;4-5H,3,7H2,1-2H3,(H,8,9);4H,3H2,1-2H3;2,4H2,1H3;2H2,1H3,(H,4,5);;1H2/q;;;;;;;+1;/p-1/t12-,14+,15+;9-,12+;8-,10+;5-;;;;;/m1110...../s1/i1D3,11D,14D;8D2;;1D3,2D3,4D,5D;1D3,4D;2*2D2;;/t11?,12-,14+,15+;3m;;;;;. The Labute approximate surface area is 517 Å². The van der Waals surface area contributed by atoms with Crippen LogP contribution in [0.15, 0.2) is 91.0 Å². The molecule has 19 nitrogen and oxygen atoms in total. The molecule has 2 unspecified atom stereocenters. The number of carbonyl (C=O) groups excluding carboxylic acids is 3. The maximum absolute atomic E-state index is 12.6. The van der Waals surface area contributed by atoms with Gasteiger partial charge in [-0.05, 0) is 75.0 Å². The van der Waals surface area contributed by atoms with Gasteiger partial charge in [-0.15, -0.1) is 0 Å². The average Bonchev–Trinajstić information content (AvgIpc) is 0.764. The number of hydrogen-bond acceptors (Lipinski definition) is 15. The number of esters is 1. The van der Waals surface area contributed by atoms with Gasteiger partial charge < -0.3 is 73.8 Å². The summed E-state index contributed by atoms with van der Waals surface area (Å²) in [6.45, 7) is -7.41. The third-order valence-corrected chi connectivity index (χ3v) is 10.5. The number of ether oxygens (including phenoxy) is 1. The quantitative estimate of drug-likeness (QED) is 0.0357. The number of benzene rings is 3. The number of carboxylic acids is 2. The second kappa shape index (κ2) is 49.9.